The molecule has 1 N–H and O–H groups in total. The van der Waals surface area contributed by atoms with Crippen molar-refractivity contribution in [1.29, 1.82) is 0 Å². The van der Waals surface area contributed by atoms with Gasteiger partial charge in [0.2, 0.25) is 0 Å². The van der Waals surface area contributed by atoms with Gasteiger partial charge in [-0.25, -0.2) is 14.4 Å². The highest BCUT2D eigenvalue weighted by atomic mass is 32.2. The number of carbonyl (C=O) groups excluding carboxylic acids is 1. The summed E-state index contributed by atoms with van der Waals surface area (Å²) in [5, 5.41) is 2.04. The van der Waals surface area contributed by atoms with Crippen LogP contribution in [0.25, 0.3) is 0 Å². The summed E-state index contributed by atoms with van der Waals surface area (Å²) in [7, 11) is 0. The summed E-state index contributed by atoms with van der Waals surface area (Å²) in [6, 6.07) is 20.5. The Kier molecular flexibility index (Phi) is 5.81. The third-order valence-electron chi connectivity index (χ3n) is 5.98. The Morgan fingerprint density at radius 1 is 1.06 bits per heavy atom. The fourth-order valence-electron chi connectivity index (χ4n) is 4.17. The fraction of sp³-hybridized carbons (Fsp3) is 0.231. The zero-order valence-electron chi connectivity index (χ0n) is 17.8. The zero-order chi connectivity index (χ0) is 22.1. The quantitative estimate of drug-likeness (QED) is 0.422. The summed E-state index contributed by atoms with van der Waals surface area (Å²) in [6.07, 6.45) is 3.38. The average molecular weight is 446 g/mol. The third kappa shape index (κ3) is 4.20. The molecule has 0 aliphatic carbocycles. The smallest absolute Gasteiger partial charge is 0.265 e. The van der Waals surface area contributed by atoms with Crippen molar-refractivity contribution in [2.24, 2.45) is 4.99 Å². The molecule has 5 rings (SSSR count). The van der Waals surface area contributed by atoms with E-state index in [1.54, 1.807) is 23.9 Å². The van der Waals surface area contributed by atoms with Gasteiger partial charge in [-0.2, -0.15) is 0 Å². The van der Waals surface area contributed by atoms with E-state index in [1.165, 1.54) is 18.6 Å². The monoisotopic (exact) mass is 445 g/mol. The molecule has 6 heteroatoms. The molecule has 3 aromatic carbocycles. The van der Waals surface area contributed by atoms with Crippen molar-refractivity contribution in [3.05, 3.63) is 89.2 Å². The first-order valence-corrected chi connectivity index (χ1v) is 11.7. The Morgan fingerprint density at radius 2 is 1.88 bits per heavy atom. The van der Waals surface area contributed by atoms with Crippen molar-refractivity contribution >= 4 is 29.1 Å². The molecule has 4 nitrogen and oxygen atoms in total. The predicted molar refractivity (Wildman–Crippen MR) is 126 cm³/mol. The lowest BCUT2D eigenvalue weighted by molar-refractivity contribution is 0.0612. The number of hydrogen-bond donors (Lipinski definition) is 1. The molecule has 1 fully saturated rings. The summed E-state index contributed by atoms with van der Waals surface area (Å²) in [6.45, 7) is 3.01. The number of amides is 1. The number of halogens is 1. The number of carbonyl (C=O) groups is 1. The first-order chi connectivity index (χ1) is 15.6. The van der Waals surface area contributed by atoms with E-state index in [0.717, 1.165) is 51.7 Å². The van der Waals surface area contributed by atoms with Gasteiger partial charge in [-0.05, 0) is 68.3 Å². The third-order valence-corrected chi connectivity index (χ3v) is 7.12. The van der Waals surface area contributed by atoms with Crippen LogP contribution in [0.2, 0.25) is 0 Å². The molecule has 3 aromatic rings. The van der Waals surface area contributed by atoms with Gasteiger partial charge in [0.15, 0.2) is 0 Å². The normalized spacial score (nSPS) is 18.2. The highest BCUT2D eigenvalue weighted by molar-refractivity contribution is 7.99. The Bertz CT molecular complexity index is 1190. The Labute approximate surface area is 191 Å². The van der Waals surface area contributed by atoms with Crippen molar-refractivity contribution < 1.29 is 9.18 Å². The first kappa shape index (κ1) is 20.9. The molecule has 1 atom stereocenters. The van der Waals surface area contributed by atoms with Gasteiger partial charge in [0.1, 0.15) is 5.82 Å². The molecule has 1 amide bonds. The molecule has 2 aliphatic rings. The zero-order valence-corrected chi connectivity index (χ0v) is 18.7. The number of nitrogens with zero attached hydrogens (tertiary/aromatic N) is 2. The van der Waals surface area contributed by atoms with Gasteiger partial charge in [-0.15, -0.1) is 0 Å². The molecular formula is C26H24FN3OS. The number of fused-ring (bicyclic) bond motifs is 2. The lowest BCUT2D eigenvalue weighted by Crippen LogP contribution is -2.49. The maximum Gasteiger partial charge on any atom is 0.265 e. The fourth-order valence-corrected chi connectivity index (χ4v) is 5.17. The number of aliphatic imine (C=N–C) groups is 1. The van der Waals surface area contributed by atoms with Crippen LogP contribution in [0.15, 0.2) is 81.5 Å². The number of rotatable bonds is 3. The van der Waals surface area contributed by atoms with E-state index in [4.69, 9.17) is 4.99 Å². The highest BCUT2D eigenvalue weighted by Gasteiger charge is 2.23. The summed E-state index contributed by atoms with van der Waals surface area (Å²) in [4.78, 5) is 20.0. The second-order valence-corrected chi connectivity index (χ2v) is 9.31. The largest absolute Gasteiger partial charge is 0.285 e. The van der Waals surface area contributed by atoms with Crippen LogP contribution in [-0.2, 0) is 0 Å². The minimum atomic E-state index is -0.281. The van der Waals surface area contributed by atoms with E-state index in [1.807, 2.05) is 41.4 Å². The minimum absolute atomic E-state index is 0.119. The minimum Gasteiger partial charge on any atom is -0.285 e. The molecule has 0 unspecified atom stereocenters. The van der Waals surface area contributed by atoms with Crippen LogP contribution in [0.4, 0.5) is 10.1 Å². The van der Waals surface area contributed by atoms with Gasteiger partial charge >= 0.3 is 0 Å². The molecule has 0 spiro atoms. The summed E-state index contributed by atoms with van der Waals surface area (Å²) >= 11 is 1.63. The van der Waals surface area contributed by atoms with Crippen LogP contribution in [0.1, 0.15) is 47.7 Å². The molecule has 162 valence electrons. The molecule has 32 heavy (non-hydrogen) atoms. The molecule has 0 radical (unpaired) electrons. The highest BCUT2D eigenvalue weighted by Crippen LogP contribution is 2.41. The number of benzene rings is 3. The van der Waals surface area contributed by atoms with E-state index in [9.17, 15) is 9.18 Å². The van der Waals surface area contributed by atoms with Crippen molar-refractivity contribution in [3.8, 4) is 0 Å². The van der Waals surface area contributed by atoms with Crippen LogP contribution >= 0.6 is 11.8 Å². The van der Waals surface area contributed by atoms with E-state index in [-0.39, 0.29) is 11.7 Å². The topological polar surface area (TPSA) is 44.7 Å². The molecular weight excluding hydrogens is 421 g/mol. The number of hydrogen-bond acceptors (Lipinski definition) is 4. The lowest BCUT2D eigenvalue weighted by Gasteiger charge is -2.33. The van der Waals surface area contributed by atoms with Crippen LogP contribution < -0.4 is 5.43 Å². The van der Waals surface area contributed by atoms with E-state index >= 15 is 0 Å². The second-order valence-electron chi connectivity index (χ2n) is 8.23. The number of piperidine rings is 1. The number of nitrogens with one attached hydrogen (secondary N) is 1. The van der Waals surface area contributed by atoms with Crippen LogP contribution in [0, 0.1) is 5.82 Å². The van der Waals surface area contributed by atoms with Gasteiger partial charge in [0.05, 0.1) is 11.4 Å². The lowest BCUT2D eigenvalue weighted by atomic mass is 10.0. The molecule has 1 saturated heterocycles. The average Bonchev–Trinajstić information content (AvgIpc) is 2.97. The summed E-state index contributed by atoms with van der Waals surface area (Å²) in [5.74, 6) is -0.399. The van der Waals surface area contributed by atoms with Crippen LogP contribution in [0.3, 0.4) is 0 Å². The van der Waals surface area contributed by atoms with E-state index in [2.05, 4.69) is 18.4 Å². The first-order valence-electron chi connectivity index (χ1n) is 10.9. The Hall–Kier alpha value is -2.96. The standard InChI is InChI=1S/C26H24FN3OS/c1-17-6-4-5-15-30(17)29-26(31)19-11-14-24-22(16-19)28-25(18-9-12-20(27)13-10-18)21-7-2-3-8-23(21)32-24/h2-3,7-14,16-17H,4-6,15H2,1H3,(H,29,31)/t17-/m1/s1. The van der Waals surface area contributed by atoms with Crippen molar-refractivity contribution in [3.63, 3.8) is 0 Å². The van der Waals surface area contributed by atoms with Gasteiger partial charge in [-0.3, -0.25) is 10.2 Å². The maximum absolute atomic E-state index is 13.5. The summed E-state index contributed by atoms with van der Waals surface area (Å²) in [5.41, 5.74) is 6.99. The summed E-state index contributed by atoms with van der Waals surface area (Å²) < 4.78 is 13.5. The van der Waals surface area contributed by atoms with Crippen LogP contribution in [0.5, 0.6) is 0 Å². The second kappa shape index (κ2) is 8.88. The van der Waals surface area contributed by atoms with Gasteiger partial charge < -0.3 is 0 Å². The SMILES string of the molecule is C[C@@H]1CCCCN1NC(=O)c1ccc2c(c1)N=C(c1ccc(F)cc1)c1ccccc1S2. The molecule has 2 heterocycles. The predicted octanol–water partition coefficient (Wildman–Crippen LogP) is 5.98. The number of hydrazine groups is 1. The van der Waals surface area contributed by atoms with Crippen LogP contribution in [-0.4, -0.2) is 29.2 Å². The van der Waals surface area contributed by atoms with Gasteiger partial charge in [0, 0.05) is 39.1 Å². The van der Waals surface area contributed by atoms with Crippen molar-refractivity contribution in [2.45, 2.75) is 42.0 Å². The van der Waals surface area contributed by atoms with Crippen molar-refractivity contribution in [2.75, 3.05) is 6.54 Å². The van der Waals surface area contributed by atoms with E-state index < -0.39 is 0 Å². The maximum atomic E-state index is 13.5. The molecule has 0 saturated carbocycles. The van der Waals surface area contributed by atoms with Crippen molar-refractivity contribution in [1.82, 2.24) is 10.4 Å². The van der Waals surface area contributed by atoms with Gasteiger partial charge in [-0.1, -0.05) is 36.4 Å². The Balaban J connectivity index is 1.53. The molecule has 0 bridgehead atoms. The van der Waals surface area contributed by atoms with Gasteiger partial charge in [0.25, 0.3) is 5.91 Å². The van der Waals surface area contributed by atoms with E-state index in [0.29, 0.717) is 11.6 Å². The molecule has 0 aromatic heterocycles. The Morgan fingerprint density at radius 3 is 2.69 bits per heavy atom. The molecule has 2 aliphatic heterocycles.